The van der Waals surface area contributed by atoms with Gasteiger partial charge in [0.1, 0.15) is 0 Å². The van der Waals surface area contributed by atoms with Gasteiger partial charge in [-0.2, -0.15) is 0 Å². The molecule has 0 unspecified atom stereocenters. The van der Waals surface area contributed by atoms with Gasteiger partial charge in [0.05, 0.1) is 17.1 Å². The van der Waals surface area contributed by atoms with E-state index in [1.54, 1.807) is 6.92 Å². The summed E-state index contributed by atoms with van der Waals surface area (Å²) in [6, 6.07) is 3.54. The molecule has 0 spiro atoms. The Balaban J connectivity index is 3.21. The van der Waals surface area contributed by atoms with Gasteiger partial charge in [0, 0.05) is 23.2 Å². The molecule has 0 aliphatic carbocycles. The molecule has 7 heteroatoms. The smallest absolute Gasteiger partial charge is 0.338 e. The molecule has 0 atom stereocenters. The van der Waals surface area contributed by atoms with Crippen LogP contribution < -0.4 is 5.32 Å². The molecule has 7 nitrogen and oxygen atoms in total. The minimum Gasteiger partial charge on any atom is -0.462 e. The van der Waals surface area contributed by atoms with Gasteiger partial charge < -0.3 is 10.1 Å². The lowest BCUT2D eigenvalue weighted by molar-refractivity contribution is -0.384. The molecular weight excluding hydrogens is 288 g/mol. The van der Waals surface area contributed by atoms with Gasteiger partial charge in [0.2, 0.25) is 0 Å². The highest BCUT2D eigenvalue weighted by molar-refractivity contribution is 5.99. The number of esters is 1. The Hall–Kier alpha value is -2.44. The van der Waals surface area contributed by atoms with E-state index in [1.165, 1.54) is 6.07 Å². The van der Waals surface area contributed by atoms with Crippen molar-refractivity contribution in [3.05, 3.63) is 39.4 Å². The molecule has 1 aromatic rings. The first-order valence-corrected chi connectivity index (χ1v) is 6.99. The summed E-state index contributed by atoms with van der Waals surface area (Å²) in [5.74, 6) is -1.17. The quantitative estimate of drug-likeness (QED) is 0.495. The Morgan fingerprint density at radius 1 is 1.23 bits per heavy atom. The molecule has 1 N–H and O–H groups in total. The van der Waals surface area contributed by atoms with Gasteiger partial charge in [-0.15, -0.1) is 0 Å². The SMILES string of the molecule is CCOC(=O)c1cc(C(=O)NC(C)(C)CC)cc([N+](=O)[O-])c1. The largest absolute Gasteiger partial charge is 0.462 e. The molecule has 0 saturated carbocycles. The summed E-state index contributed by atoms with van der Waals surface area (Å²) < 4.78 is 4.83. The molecule has 1 rings (SSSR count). The van der Waals surface area contributed by atoms with Crippen molar-refractivity contribution in [3.63, 3.8) is 0 Å². The predicted octanol–water partition coefficient (Wildman–Crippen LogP) is 2.69. The Morgan fingerprint density at radius 2 is 1.82 bits per heavy atom. The van der Waals surface area contributed by atoms with Crippen LogP contribution in [0.2, 0.25) is 0 Å². The number of benzene rings is 1. The second-order valence-electron chi connectivity index (χ2n) is 5.44. The van der Waals surface area contributed by atoms with Crippen molar-refractivity contribution in [3.8, 4) is 0 Å². The maximum atomic E-state index is 12.2. The predicted molar refractivity (Wildman–Crippen MR) is 80.9 cm³/mol. The Kier molecular flexibility index (Phi) is 5.62. The van der Waals surface area contributed by atoms with Gasteiger partial charge >= 0.3 is 5.97 Å². The number of hydrogen-bond donors (Lipinski definition) is 1. The Labute approximate surface area is 128 Å². The Bertz CT molecular complexity index is 596. The van der Waals surface area contributed by atoms with Crippen LogP contribution in [-0.4, -0.2) is 28.9 Å². The van der Waals surface area contributed by atoms with Crippen molar-refractivity contribution in [1.82, 2.24) is 5.32 Å². The minimum absolute atomic E-state index is 0.0181. The maximum Gasteiger partial charge on any atom is 0.338 e. The maximum absolute atomic E-state index is 12.2. The monoisotopic (exact) mass is 308 g/mol. The number of rotatable bonds is 6. The first kappa shape index (κ1) is 17.6. The summed E-state index contributed by atoms with van der Waals surface area (Å²) in [6.07, 6.45) is 0.693. The van der Waals surface area contributed by atoms with Gasteiger partial charge in [-0.3, -0.25) is 14.9 Å². The zero-order valence-electron chi connectivity index (χ0n) is 13.1. The normalized spacial score (nSPS) is 10.9. The number of non-ortho nitro benzene ring substituents is 1. The van der Waals surface area contributed by atoms with Crippen LogP contribution in [0.1, 0.15) is 54.8 Å². The zero-order valence-corrected chi connectivity index (χ0v) is 13.1. The van der Waals surface area contributed by atoms with Crippen LogP contribution in [-0.2, 0) is 4.74 Å². The molecule has 1 aromatic carbocycles. The third kappa shape index (κ3) is 4.54. The van der Waals surface area contributed by atoms with Crippen LogP contribution in [0, 0.1) is 10.1 Å². The average Bonchev–Trinajstić information content (AvgIpc) is 2.46. The van der Waals surface area contributed by atoms with E-state index in [-0.39, 0.29) is 23.4 Å². The second kappa shape index (κ2) is 7.02. The fourth-order valence-corrected chi connectivity index (χ4v) is 1.65. The number of hydrogen-bond acceptors (Lipinski definition) is 5. The van der Waals surface area contributed by atoms with Crippen molar-refractivity contribution in [1.29, 1.82) is 0 Å². The molecule has 22 heavy (non-hydrogen) atoms. The standard InChI is InChI=1S/C15H20N2O5/c1-5-15(3,4)16-13(18)10-7-11(14(19)22-6-2)9-12(8-10)17(20)21/h7-9H,5-6H2,1-4H3,(H,16,18). The van der Waals surface area contributed by atoms with E-state index in [0.717, 1.165) is 12.1 Å². The minimum atomic E-state index is -0.699. The average molecular weight is 308 g/mol. The lowest BCUT2D eigenvalue weighted by atomic mass is 10.0. The fraction of sp³-hybridized carbons (Fsp3) is 0.467. The summed E-state index contributed by atoms with van der Waals surface area (Å²) in [4.78, 5) is 34.3. The van der Waals surface area contributed by atoms with E-state index in [9.17, 15) is 19.7 Å². The zero-order chi connectivity index (χ0) is 16.9. The fourth-order valence-electron chi connectivity index (χ4n) is 1.65. The van der Waals surface area contributed by atoms with Crippen molar-refractivity contribution in [2.75, 3.05) is 6.61 Å². The molecule has 0 radical (unpaired) electrons. The first-order valence-electron chi connectivity index (χ1n) is 6.99. The van der Waals surface area contributed by atoms with Gasteiger partial charge in [-0.25, -0.2) is 4.79 Å². The van der Waals surface area contributed by atoms with E-state index >= 15 is 0 Å². The lowest BCUT2D eigenvalue weighted by Crippen LogP contribution is -2.42. The van der Waals surface area contributed by atoms with Crippen LogP contribution in [0.15, 0.2) is 18.2 Å². The van der Waals surface area contributed by atoms with E-state index < -0.39 is 22.3 Å². The number of nitrogens with zero attached hydrogens (tertiary/aromatic N) is 1. The van der Waals surface area contributed by atoms with Crippen molar-refractivity contribution in [2.45, 2.75) is 39.7 Å². The molecular formula is C15H20N2O5. The summed E-state index contributed by atoms with van der Waals surface area (Å²) in [5, 5.41) is 13.7. The molecule has 0 aliphatic rings. The van der Waals surface area contributed by atoms with Crippen LogP contribution in [0.3, 0.4) is 0 Å². The van der Waals surface area contributed by atoms with Gasteiger partial charge in [-0.05, 0) is 33.3 Å². The molecule has 0 bridgehead atoms. The molecule has 0 fully saturated rings. The highest BCUT2D eigenvalue weighted by Gasteiger charge is 2.22. The second-order valence-corrected chi connectivity index (χ2v) is 5.44. The molecule has 0 saturated heterocycles. The lowest BCUT2D eigenvalue weighted by Gasteiger charge is -2.24. The third-order valence-corrected chi connectivity index (χ3v) is 3.24. The number of carbonyl (C=O) groups is 2. The van der Waals surface area contributed by atoms with E-state index in [4.69, 9.17) is 4.74 Å². The van der Waals surface area contributed by atoms with Crippen LogP contribution >= 0.6 is 0 Å². The number of nitrogens with one attached hydrogen (secondary N) is 1. The summed E-state index contributed by atoms with van der Waals surface area (Å²) >= 11 is 0. The summed E-state index contributed by atoms with van der Waals surface area (Å²) in [5.41, 5.74) is -0.745. The number of amides is 1. The molecule has 0 heterocycles. The van der Waals surface area contributed by atoms with Crippen LogP contribution in [0.4, 0.5) is 5.69 Å². The van der Waals surface area contributed by atoms with Crippen molar-refractivity contribution < 1.29 is 19.2 Å². The van der Waals surface area contributed by atoms with Gasteiger partial charge in [-0.1, -0.05) is 6.92 Å². The molecule has 0 aromatic heterocycles. The highest BCUT2D eigenvalue weighted by atomic mass is 16.6. The van der Waals surface area contributed by atoms with E-state index in [1.807, 2.05) is 20.8 Å². The number of nitro benzene ring substituents is 1. The number of carbonyl (C=O) groups excluding carboxylic acids is 2. The summed E-state index contributed by atoms with van der Waals surface area (Å²) in [7, 11) is 0. The third-order valence-electron chi connectivity index (χ3n) is 3.24. The van der Waals surface area contributed by atoms with E-state index in [0.29, 0.717) is 6.42 Å². The molecule has 0 aliphatic heterocycles. The number of nitro groups is 1. The van der Waals surface area contributed by atoms with Crippen LogP contribution in [0.5, 0.6) is 0 Å². The van der Waals surface area contributed by atoms with Crippen molar-refractivity contribution >= 4 is 17.6 Å². The Morgan fingerprint density at radius 3 is 2.32 bits per heavy atom. The van der Waals surface area contributed by atoms with Crippen LogP contribution in [0.25, 0.3) is 0 Å². The van der Waals surface area contributed by atoms with Crippen molar-refractivity contribution in [2.24, 2.45) is 0 Å². The van der Waals surface area contributed by atoms with Gasteiger partial charge in [0.15, 0.2) is 0 Å². The molecule has 1 amide bonds. The highest BCUT2D eigenvalue weighted by Crippen LogP contribution is 2.19. The molecule has 120 valence electrons. The van der Waals surface area contributed by atoms with E-state index in [2.05, 4.69) is 5.32 Å². The first-order chi connectivity index (χ1) is 10.2. The summed E-state index contributed by atoms with van der Waals surface area (Å²) in [6.45, 7) is 7.37. The number of ether oxygens (including phenoxy) is 1. The van der Waals surface area contributed by atoms with Gasteiger partial charge in [0.25, 0.3) is 11.6 Å². The topological polar surface area (TPSA) is 98.5 Å².